The Bertz CT molecular complexity index is 1390. The van der Waals surface area contributed by atoms with Gasteiger partial charge in [-0.2, -0.15) is 0 Å². The van der Waals surface area contributed by atoms with E-state index in [1.807, 2.05) is 70.3 Å². The number of thioether (sulfide) groups is 1. The van der Waals surface area contributed by atoms with Crippen molar-refractivity contribution in [3.05, 3.63) is 89.5 Å². The predicted molar refractivity (Wildman–Crippen MR) is 163 cm³/mol. The monoisotopic (exact) mass is 581 g/mol. The van der Waals surface area contributed by atoms with Crippen LogP contribution in [0.2, 0.25) is 0 Å². The zero-order valence-corrected chi connectivity index (χ0v) is 25.5. The van der Waals surface area contributed by atoms with E-state index >= 15 is 0 Å². The molecule has 0 aliphatic heterocycles. The Kier molecular flexibility index (Phi) is 11.2. The number of nitrogens with one attached hydrogen (secondary N) is 1. The molecule has 1 N–H and O–H groups in total. The Morgan fingerprint density at radius 1 is 0.925 bits per heavy atom. The van der Waals surface area contributed by atoms with E-state index in [-0.39, 0.29) is 17.3 Å². The fourth-order valence-corrected chi connectivity index (χ4v) is 6.19. The van der Waals surface area contributed by atoms with Crippen LogP contribution < -0.4 is 9.62 Å². The second-order valence-corrected chi connectivity index (χ2v) is 12.4. The normalized spacial score (nSPS) is 12.0. The molecule has 1 atom stereocenters. The molecule has 0 radical (unpaired) electrons. The molecule has 0 fully saturated rings. The molecule has 3 rings (SSSR count). The Hall–Kier alpha value is -3.30. The first kappa shape index (κ1) is 31.2. The third kappa shape index (κ3) is 7.67. The van der Waals surface area contributed by atoms with Crippen molar-refractivity contribution in [2.75, 3.05) is 23.7 Å². The molecule has 3 aromatic rings. The van der Waals surface area contributed by atoms with Gasteiger partial charge in [0.1, 0.15) is 12.6 Å². The maximum atomic E-state index is 14.1. The molecule has 0 unspecified atom stereocenters. The standard InChI is InChI=1S/C31H39N3O4S2/c1-6-20-32-31(36)29(7-2)33(21-25-11-9-8-10-24(25)4)30(35)22-34(26-14-12-23(3)13-15-26)40(37,38)28-18-16-27(39-5)17-19-28/h8-19,29H,6-7,20-22H2,1-5H3,(H,32,36)/t29-/m0/s1. The number of nitrogens with zero attached hydrogens (tertiary/aromatic N) is 2. The largest absolute Gasteiger partial charge is 0.354 e. The van der Waals surface area contributed by atoms with E-state index < -0.39 is 28.5 Å². The molecular formula is C31H39N3O4S2. The van der Waals surface area contributed by atoms with E-state index in [0.717, 1.165) is 32.3 Å². The summed E-state index contributed by atoms with van der Waals surface area (Å²) in [6.07, 6.45) is 3.08. The van der Waals surface area contributed by atoms with Crippen LogP contribution in [-0.4, -0.2) is 50.5 Å². The van der Waals surface area contributed by atoms with Crippen LogP contribution >= 0.6 is 11.8 Å². The topological polar surface area (TPSA) is 86.8 Å². The number of benzene rings is 3. The Morgan fingerprint density at radius 2 is 1.57 bits per heavy atom. The fourth-order valence-electron chi connectivity index (χ4n) is 4.37. The highest BCUT2D eigenvalue weighted by Crippen LogP contribution is 2.27. The van der Waals surface area contributed by atoms with Gasteiger partial charge in [0.25, 0.3) is 10.0 Å². The van der Waals surface area contributed by atoms with E-state index in [1.54, 1.807) is 36.4 Å². The van der Waals surface area contributed by atoms with Gasteiger partial charge < -0.3 is 10.2 Å². The maximum absolute atomic E-state index is 14.1. The van der Waals surface area contributed by atoms with Crippen LogP contribution in [0.5, 0.6) is 0 Å². The highest BCUT2D eigenvalue weighted by atomic mass is 32.2. The number of rotatable bonds is 13. The SMILES string of the molecule is CCCNC(=O)[C@H](CC)N(Cc1ccccc1C)C(=O)CN(c1ccc(C)cc1)S(=O)(=O)c1ccc(SC)cc1. The second kappa shape index (κ2) is 14.4. The average Bonchev–Trinajstić information content (AvgIpc) is 2.96. The van der Waals surface area contributed by atoms with E-state index in [4.69, 9.17) is 0 Å². The lowest BCUT2D eigenvalue weighted by atomic mass is 10.1. The van der Waals surface area contributed by atoms with Gasteiger partial charge in [-0.15, -0.1) is 11.8 Å². The van der Waals surface area contributed by atoms with Crippen LogP contribution in [0, 0.1) is 13.8 Å². The van der Waals surface area contributed by atoms with E-state index in [1.165, 1.54) is 16.7 Å². The lowest BCUT2D eigenvalue weighted by molar-refractivity contribution is -0.140. The van der Waals surface area contributed by atoms with Gasteiger partial charge >= 0.3 is 0 Å². The summed E-state index contributed by atoms with van der Waals surface area (Å²) in [5.74, 6) is -0.699. The molecule has 0 aliphatic rings. The molecule has 0 saturated carbocycles. The highest BCUT2D eigenvalue weighted by molar-refractivity contribution is 7.98. The van der Waals surface area contributed by atoms with Crippen LogP contribution in [0.15, 0.2) is 82.6 Å². The van der Waals surface area contributed by atoms with Gasteiger partial charge in [-0.05, 0) is 80.5 Å². The van der Waals surface area contributed by atoms with Gasteiger partial charge in [0.2, 0.25) is 11.8 Å². The van der Waals surface area contributed by atoms with Crippen molar-refractivity contribution in [1.29, 1.82) is 0 Å². The van der Waals surface area contributed by atoms with Crippen molar-refractivity contribution in [2.24, 2.45) is 0 Å². The van der Waals surface area contributed by atoms with Crippen molar-refractivity contribution in [3.8, 4) is 0 Å². The summed E-state index contributed by atoms with van der Waals surface area (Å²) < 4.78 is 29.1. The van der Waals surface area contributed by atoms with E-state index in [9.17, 15) is 18.0 Å². The van der Waals surface area contributed by atoms with Crippen molar-refractivity contribution in [2.45, 2.75) is 62.9 Å². The zero-order valence-electron chi connectivity index (χ0n) is 23.9. The molecule has 0 saturated heterocycles. The molecule has 0 aliphatic carbocycles. The molecule has 0 heterocycles. The van der Waals surface area contributed by atoms with Crippen LogP contribution in [0.25, 0.3) is 0 Å². The molecule has 0 bridgehead atoms. The summed E-state index contributed by atoms with van der Waals surface area (Å²) in [5.41, 5.74) is 3.24. The number of carbonyl (C=O) groups is 2. The zero-order chi connectivity index (χ0) is 29.3. The number of hydrogen-bond acceptors (Lipinski definition) is 5. The minimum Gasteiger partial charge on any atom is -0.354 e. The van der Waals surface area contributed by atoms with E-state index in [2.05, 4.69) is 5.32 Å². The summed E-state index contributed by atoms with van der Waals surface area (Å²) in [6.45, 7) is 7.94. The Labute approximate surface area is 243 Å². The summed E-state index contributed by atoms with van der Waals surface area (Å²) in [7, 11) is -4.09. The first-order valence-corrected chi connectivity index (χ1v) is 16.1. The first-order chi connectivity index (χ1) is 19.1. The van der Waals surface area contributed by atoms with Crippen LogP contribution in [0.4, 0.5) is 5.69 Å². The third-order valence-corrected chi connectivity index (χ3v) is 9.32. The number of aryl methyl sites for hydroxylation is 2. The Morgan fingerprint density at radius 3 is 2.15 bits per heavy atom. The molecule has 2 amide bonds. The van der Waals surface area contributed by atoms with Crippen molar-refractivity contribution in [1.82, 2.24) is 10.2 Å². The number of carbonyl (C=O) groups excluding carboxylic acids is 2. The van der Waals surface area contributed by atoms with Crippen molar-refractivity contribution < 1.29 is 18.0 Å². The van der Waals surface area contributed by atoms with E-state index in [0.29, 0.717) is 18.7 Å². The number of hydrogen-bond donors (Lipinski definition) is 1. The van der Waals surface area contributed by atoms with Crippen LogP contribution in [-0.2, 0) is 26.2 Å². The van der Waals surface area contributed by atoms with Crippen molar-refractivity contribution >= 4 is 39.3 Å². The number of anilines is 1. The second-order valence-electron chi connectivity index (χ2n) is 9.69. The van der Waals surface area contributed by atoms with Gasteiger partial charge in [-0.3, -0.25) is 13.9 Å². The summed E-state index contributed by atoms with van der Waals surface area (Å²) in [5, 5.41) is 2.91. The molecule has 0 spiro atoms. The molecule has 7 nitrogen and oxygen atoms in total. The molecular weight excluding hydrogens is 542 g/mol. The van der Waals surface area contributed by atoms with Crippen molar-refractivity contribution in [3.63, 3.8) is 0 Å². The molecule has 40 heavy (non-hydrogen) atoms. The molecule has 214 valence electrons. The first-order valence-electron chi connectivity index (χ1n) is 13.5. The Balaban J connectivity index is 2.05. The third-order valence-electron chi connectivity index (χ3n) is 6.79. The molecule has 9 heteroatoms. The minimum absolute atomic E-state index is 0.0943. The van der Waals surface area contributed by atoms with Crippen LogP contribution in [0.3, 0.4) is 0 Å². The van der Waals surface area contributed by atoms with Gasteiger partial charge in [-0.1, -0.05) is 55.8 Å². The lowest BCUT2D eigenvalue weighted by Crippen LogP contribution is -2.52. The van der Waals surface area contributed by atoms with Crippen LogP contribution in [0.1, 0.15) is 43.4 Å². The summed E-state index contributed by atoms with van der Waals surface area (Å²) >= 11 is 1.52. The summed E-state index contributed by atoms with van der Waals surface area (Å²) in [4.78, 5) is 29.8. The van der Waals surface area contributed by atoms with Gasteiger partial charge in [-0.25, -0.2) is 8.42 Å². The number of amides is 2. The summed E-state index contributed by atoms with van der Waals surface area (Å²) in [6, 6.07) is 20.6. The van der Waals surface area contributed by atoms with Gasteiger partial charge in [0.05, 0.1) is 10.6 Å². The smallest absolute Gasteiger partial charge is 0.264 e. The highest BCUT2D eigenvalue weighted by Gasteiger charge is 2.33. The predicted octanol–water partition coefficient (Wildman–Crippen LogP) is 5.55. The van der Waals surface area contributed by atoms with Gasteiger partial charge in [0.15, 0.2) is 0 Å². The quantitative estimate of drug-likeness (QED) is 0.267. The lowest BCUT2D eigenvalue weighted by Gasteiger charge is -2.33. The molecule has 0 aromatic heterocycles. The maximum Gasteiger partial charge on any atom is 0.264 e. The minimum atomic E-state index is -4.09. The molecule has 3 aromatic carbocycles. The fraction of sp³-hybridized carbons (Fsp3) is 0.355. The van der Waals surface area contributed by atoms with Gasteiger partial charge in [0, 0.05) is 18.0 Å². The number of sulfonamides is 1. The average molecular weight is 582 g/mol.